The van der Waals surface area contributed by atoms with Crippen LogP contribution in [0.5, 0.6) is 0 Å². The van der Waals surface area contributed by atoms with E-state index >= 15 is 0 Å². The molecule has 0 aromatic rings. The van der Waals surface area contributed by atoms with E-state index in [4.69, 9.17) is 0 Å². The molecule has 110 valence electrons. The molecular formula is C12H22N2O4S. The average Bonchev–Trinajstić information content (AvgIpc) is 2.84. The summed E-state index contributed by atoms with van der Waals surface area (Å²) in [5, 5.41) is 2.60. The summed E-state index contributed by atoms with van der Waals surface area (Å²) in [5.41, 5.74) is 0. The summed E-state index contributed by atoms with van der Waals surface area (Å²) >= 11 is -0.920. The Morgan fingerprint density at radius 2 is 2.11 bits per heavy atom. The number of rotatable bonds is 4. The van der Waals surface area contributed by atoms with Crippen molar-refractivity contribution in [3.63, 3.8) is 0 Å². The SMILES string of the molecule is COC(=O)N[C@H](C(=O)N1CC[C@H]([S+](C)[O-])C1)C(C)C. The van der Waals surface area contributed by atoms with Crippen molar-refractivity contribution in [2.45, 2.75) is 31.6 Å². The highest BCUT2D eigenvalue weighted by Gasteiger charge is 2.36. The Balaban J connectivity index is 2.65. The molecule has 2 amide bonds. The molecule has 19 heavy (non-hydrogen) atoms. The number of methoxy groups -OCH3 is 1. The lowest BCUT2D eigenvalue weighted by molar-refractivity contribution is -0.133. The largest absolute Gasteiger partial charge is 0.616 e. The monoisotopic (exact) mass is 290 g/mol. The van der Waals surface area contributed by atoms with E-state index < -0.39 is 23.3 Å². The highest BCUT2D eigenvalue weighted by atomic mass is 32.2. The first-order valence-corrected chi connectivity index (χ1v) is 7.94. The lowest BCUT2D eigenvalue weighted by Crippen LogP contribution is -2.51. The van der Waals surface area contributed by atoms with Gasteiger partial charge in [0.05, 0.1) is 19.9 Å². The van der Waals surface area contributed by atoms with Crippen LogP contribution in [0, 0.1) is 5.92 Å². The van der Waals surface area contributed by atoms with Gasteiger partial charge in [-0.2, -0.15) is 0 Å². The molecule has 0 aromatic heterocycles. The molecule has 1 aliphatic rings. The number of amides is 2. The third kappa shape index (κ3) is 4.28. The Morgan fingerprint density at radius 3 is 2.53 bits per heavy atom. The quantitative estimate of drug-likeness (QED) is 0.757. The van der Waals surface area contributed by atoms with Crippen LogP contribution >= 0.6 is 0 Å². The van der Waals surface area contributed by atoms with E-state index in [0.29, 0.717) is 13.1 Å². The van der Waals surface area contributed by atoms with Crippen LogP contribution < -0.4 is 5.32 Å². The van der Waals surface area contributed by atoms with Gasteiger partial charge in [0.1, 0.15) is 11.3 Å². The number of nitrogens with zero attached hydrogens (tertiary/aromatic N) is 1. The van der Waals surface area contributed by atoms with E-state index in [0.717, 1.165) is 6.42 Å². The van der Waals surface area contributed by atoms with Gasteiger partial charge >= 0.3 is 6.09 Å². The van der Waals surface area contributed by atoms with Crippen molar-refractivity contribution in [3.8, 4) is 0 Å². The maximum atomic E-state index is 12.4. The Morgan fingerprint density at radius 1 is 1.47 bits per heavy atom. The van der Waals surface area contributed by atoms with Gasteiger partial charge in [0.15, 0.2) is 0 Å². The van der Waals surface area contributed by atoms with Crippen LogP contribution in [-0.2, 0) is 20.7 Å². The number of nitrogens with one attached hydrogen (secondary N) is 1. The highest BCUT2D eigenvalue weighted by Crippen LogP contribution is 2.18. The molecular weight excluding hydrogens is 268 g/mol. The summed E-state index contributed by atoms with van der Waals surface area (Å²) in [7, 11) is 1.27. The molecule has 6 nitrogen and oxygen atoms in total. The van der Waals surface area contributed by atoms with Gasteiger partial charge in [-0.05, 0) is 5.92 Å². The van der Waals surface area contributed by atoms with E-state index in [1.54, 1.807) is 11.2 Å². The number of ether oxygens (including phenoxy) is 1. The van der Waals surface area contributed by atoms with Gasteiger partial charge in [-0.25, -0.2) is 4.79 Å². The fourth-order valence-electron chi connectivity index (χ4n) is 2.10. The van der Waals surface area contributed by atoms with Crippen molar-refractivity contribution in [1.29, 1.82) is 0 Å². The van der Waals surface area contributed by atoms with Gasteiger partial charge in [0.2, 0.25) is 5.91 Å². The molecule has 0 saturated carbocycles. The van der Waals surface area contributed by atoms with Gasteiger partial charge in [0, 0.05) is 13.0 Å². The predicted molar refractivity (Wildman–Crippen MR) is 73.2 cm³/mol. The predicted octanol–water partition coefficient (Wildman–Crippen LogP) is 0.346. The second kappa shape index (κ2) is 7.00. The Bertz CT molecular complexity index is 336. The minimum absolute atomic E-state index is 0.0298. The second-order valence-corrected chi connectivity index (χ2v) is 6.71. The summed E-state index contributed by atoms with van der Waals surface area (Å²) in [6.07, 6.45) is 1.80. The second-order valence-electron chi connectivity index (χ2n) is 5.05. The Hall–Kier alpha value is -0.950. The third-order valence-corrected chi connectivity index (χ3v) is 4.64. The molecule has 1 unspecified atom stereocenters. The average molecular weight is 290 g/mol. The summed E-state index contributed by atoms with van der Waals surface area (Å²) in [6, 6.07) is -0.600. The molecule has 1 rings (SSSR count). The van der Waals surface area contributed by atoms with Gasteiger partial charge in [0.25, 0.3) is 0 Å². The van der Waals surface area contributed by atoms with E-state index in [1.807, 2.05) is 13.8 Å². The molecule has 1 N–H and O–H groups in total. The number of hydrogen-bond donors (Lipinski definition) is 1. The molecule has 3 atom stereocenters. The lowest BCUT2D eigenvalue weighted by atomic mass is 10.0. The fourth-order valence-corrected chi connectivity index (χ4v) is 2.92. The van der Waals surface area contributed by atoms with Gasteiger partial charge in [-0.3, -0.25) is 4.79 Å². The number of hydrogen-bond acceptors (Lipinski definition) is 4. The molecule has 1 fully saturated rings. The van der Waals surface area contributed by atoms with Crippen molar-refractivity contribution in [1.82, 2.24) is 10.2 Å². The van der Waals surface area contributed by atoms with Crippen LogP contribution in [0.3, 0.4) is 0 Å². The normalized spacial score (nSPS) is 22.2. The minimum atomic E-state index is -0.920. The lowest BCUT2D eigenvalue weighted by Gasteiger charge is -2.26. The minimum Gasteiger partial charge on any atom is -0.616 e. The molecule has 0 aliphatic carbocycles. The fraction of sp³-hybridized carbons (Fsp3) is 0.833. The maximum Gasteiger partial charge on any atom is 0.407 e. The van der Waals surface area contributed by atoms with Crippen LogP contribution in [0.15, 0.2) is 0 Å². The number of carbonyl (C=O) groups excluding carboxylic acids is 2. The van der Waals surface area contributed by atoms with E-state index in [2.05, 4.69) is 10.1 Å². The standard InChI is InChI=1S/C12H22N2O4S/c1-8(2)10(13-12(16)18-3)11(15)14-6-5-9(7-14)19(4)17/h8-10H,5-7H2,1-4H3,(H,13,16)/t9-,10-,19?/m0/s1. The summed E-state index contributed by atoms with van der Waals surface area (Å²) in [6.45, 7) is 4.82. The summed E-state index contributed by atoms with van der Waals surface area (Å²) < 4.78 is 16.0. The zero-order valence-electron chi connectivity index (χ0n) is 11.8. The summed E-state index contributed by atoms with van der Waals surface area (Å²) in [5.74, 6) is -0.161. The molecule has 0 aromatic carbocycles. The van der Waals surface area contributed by atoms with Crippen molar-refractivity contribution < 1.29 is 18.9 Å². The zero-order chi connectivity index (χ0) is 14.6. The first-order chi connectivity index (χ1) is 8.86. The highest BCUT2D eigenvalue weighted by molar-refractivity contribution is 7.91. The van der Waals surface area contributed by atoms with Crippen LogP contribution in [0.1, 0.15) is 20.3 Å². The van der Waals surface area contributed by atoms with Crippen LogP contribution in [0.4, 0.5) is 4.79 Å². The molecule has 0 radical (unpaired) electrons. The first kappa shape index (κ1) is 16.1. The molecule has 7 heteroatoms. The van der Waals surface area contributed by atoms with Gasteiger partial charge in [-0.1, -0.05) is 25.0 Å². The number of likely N-dealkylation sites (tertiary alicyclic amines) is 1. The number of alkyl carbamates (subject to hydrolysis) is 1. The topological polar surface area (TPSA) is 81.7 Å². The molecule has 0 spiro atoms. The van der Waals surface area contributed by atoms with E-state index in [-0.39, 0.29) is 17.1 Å². The van der Waals surface area contributed by atoms with Crippen molar-refractivity contribution in [2.75, 3.05) is 26.5 Å². The molecule has 1 saturated heterocycles. The smallest absolute Gasteiger partial charge is 0.407 e. The van der Waals surface area contributed by atoms with Gasteiger partial charge in [-0.15, -0.1) is 0 Å². The van der Waals surface area contributed by atoms with E-state index in [1.165, 1.54) is 7.11 Å². The maximum absolute atomic E-state index is 12.4. The van der Waals surface area contributed by atoms with Crippen LogP contribution in [-0.4, -0.2) is 59.2 Å². The van der Waals surface area contributed by atoms with Crippen LogP contribution in [0.25, 0.3) is 0 Å². The van der Waals surface area contributed by atoms with Crippen molar-refractivity contribution in [2.24, 2.45) is 5.92 Å². The van der Waals surface area contributed by atoms with Crippen molar-refractivity contribution >= 4 is 23.2 Å². The third-order valence-electron chi connectivity index (χ3n) is 3.32. The Labute approximate surface area is 117 Å². The molecule has 1 aliphatic heterocycles. The van der Waals surface area contributed by atoms with Crippen molar-refractivity contribution in [3.05, 3.63) is 0 Å². The Kier molecular flexibility index (Phi) is 5.93. The molecule has 0 bridgehead atoms. The summed E-state index contributed by atoms with van der Waals surface area (Å²) in [4.78, 5) is 25.3. The van der Waals surface area contributed by atoms with Crippen LogP contribution in [0.2, 0.25) is 0 Å². The molecule has 1 heterocycles. The van der Waals surface area contributed by atoms with E-state index in [9.17, 15) is 14.1 Å². The van der Waals surface area contributed by atoms with Gasteiger partial charge < -0.3 is 19.5 Å². The number of carbonyl (C=O) groups is 2. The zero-order valence-corrected chi connectivity index (χ0v) is 12.7. The first-order valence-electron chi connectivity index (χ1n) is 6.32.